The van der Waals surface area contributed by atoms with Crippen LogP contribution in [0.3, 0.4) is 0 Å². The molecule has 2 heterocycles. The quantitative estimate of drug-likeness (QED) is 0.709. The second-order valence-electron chi connectivity index (χ2n) is 6.52. The van der Waals surface area contributed by atoms with Gasteiger partial charge in [-0.25, -0.2) is 13.2 Å². The van der Waals surface area contributed by atoms with Crippen LogP contribution < -0.4 is 0 Å². The number of hydrogen-bond acceptors (Lipinski definition) is 6. The first-order valence-electron chi connectivity index (χ1n) is 8.40. The molecule has 0 aromatic carbocycles. The van der Waals surface area contributed by atoms with Crippen LogP contribution in [0.4, 0.5) is 0 Å². The number of carbonyl (C=O) groups excluding carboxylic acids is 2. The number of furan rings is 1. The summed E-state index contributed by atoms with van der Waals surface area (Å²) in [6.45, 7) is 6.76. The summed E-state index contributed by atoms with van der Waals surface area (Å²) in [5.74, 6) is 0.0969. The van der Waals surface area contributed by atoms with Crippen LogP contribution in [0.5, 0.6) is 0 Å². The maximum absolute atomic E-state index is 12.6. The second-order valence-corrected chi connectivity index (χ2v) is 8.75. The molecule has 140 valence electrons. The third-order valence-electron chi connectivity index (χ3n) is 4.54. The van der Waals surface area contributed by atoms with Crippen LogP contribution in [-0.2, 0) is 19.4 Å². The zero-order chi connectivity index (χ0) is 18.8. The number of hydrogen-bond donors (Lipinski definition) is 0. The van der Waals surface area contributed by atoms with Gasteiger partial charge in [0.1, 0.15) is 17.1 Å². The van der Waals surface area contributed by atoms with Crippen molar-refractivity contribution in [3.05, 3.63) is 23.2 Å². The molecule has 1 aromatic heterocycles. The molecule has 1 aliphatic rings. The summed E-state index contributed by atoms with van der Waals surface area (Å²) in [5, 5.41) is 0. The Morgan fingerprint density at radius 1 is 1.40 bits per heavy atom. The van der Waals surface area contributed by atoms with Gasteiger partial charge in [0.15, 0.2) is 16.4 Å². The molecular formula is C17H25NO6S. The Hall–Kier alpha value is -1.83. The highest BCUT2D eigenvalue weighted by atomic mass is 32.2. The smallest absolute Gasteiger partial charge is 0.342 e. The van der Waals surface area contributed by atoms with Crippen molar-refractivity contribution in [1.29, 1.82) is 0 Å². The van der Waals surface area contributed by atoms with E-state index in [9.17, 15) is 18.0 Å². The highest BCUT2D eigenvalue weighted by molar-refractivity contribution is 7.91. The highest BCUT2D eigenvalue weighted by Gasteiger charge is 2.36. The van der Waals surface area contributed by atoms with Crippen molar-refractivity contribution in [3.63, 3.8) is 0 Å². The zero-order valence-corrected chi connectivity index (χ0v) is 15.9. The normalized spacial score (nSPS) is 20.2. The molecule has 2 atom stereocenters. The van der Waals surface area contributed by atoms with Gasteiger partial charge < -0.3 is 14.1 Å². The fourth-order valence-corrected chi connectivity index (χ4v) is 4.83. The van der Waals surface area contributed by atoms with Crippen molar-refractivity contribution in [3.8, 4) is 0 Å². The first kappa shape index (κ1) is 19.5. The van der Waals surface area contributed by atoms with Crippen molar-refractivity contribution in [2.24, 2.45) is 0 Å². The number of nitrogens with zero attached hydrogens (tertiary/aromatic N) is 1. The number of rotatable bonds is 6. The van der Waals surface area contributed by atoms with Gasteiger partial charge in [-0.2, -0.15) is 0 Å². The highest BCUT2D eigenvalue weighted by Crippen LogP contribution is 2.22. The van der Waals surface area contributed by atoms with Gasteiger partial charge in [-0.05, 0) is 39.7 Å². The van der Waals surface area contributed by atoms with Crippen LogP contribution >= 0.6 is 0 Å². The van der Waals surface area contributed by atoms with E-state index in [1.54, 1.807) is 24.8 Å². The molecule has 1 saturated heterocycles. The van der Waals surface area contributed by atoms with Crippen LogP contribution in [0.15, 0.2) is 10.5 Å². The first-order chi connectivity index (χ1) is 11.6. The molecule has 0 spiro atoms. The lowest BCUT2D eigenvalue weighted by Crippen LogP contribution is -2.48. The molecule has 7 nitrogen and oxygen atoms in total. The van der Waals surface area contributed by atoms with E-state index in [0.717, 1.165) is 0 Å². The van der Waals surface area contributed by atoms with Gasteiger partial charge in [0.2, 0.25) is 0 Å². The molecule has 1 fully saturated rings. The fourth-order valence-electron chi connectivity index (χ4n) is 3.11. The molecule has 0 unspecified atom stereocenters. The van der Waals surface area contributed by atoms with Gasteiger partial charge in [-0.1, -0.05) is 6.92 Å². The first-order valence-corrected chi connectivity index (χ1v) is 10.2. The topological polar surface area (TPSA) is 93.9 Å². The molecule has 25 heavy (non-hydrogen) atoms. The van der Waals surface area contributed by atoms with Crippen LogP contribution in [0, 0.1) is 13.8 Å². The minimum Gasteiger partial charge on any atom is -0.466 e. The molecule has 0 radical (unpaired) electrons. The Balaban J connectivity index is 2.05. The molecule has 8 heteroatoms. The van der Waals surface area contributed by atoms with E-state index in [4.69, 9.17) is 9.15 Å². The van der Waals surface area contributed by atoms with E-state index in [2.05, 4.69) is 0 Å². The number of carbonyl (C=O) groups is 2. The van der Waals surface area contributed by atoms with Crippen molar-refractivity contribution in [2.75, 3.05) is 18.1 Å². The molecule has 1 aromatic rings. The van der Waals surface area contributed by atoms with Gasteiger partial charge in [-0.3, -0.25) is 4.79 Å². The number of aryl methyl sites for hydroxylation is 2. The standard InChI is InChI=1S/C17H25NO6S/c1-5-11(2)18(14-6-7-25(21,22)10-14)16(19)9-23-17(20)15-8-12(3)24-13(15)4/h8,11,14H,5-7,9-10H2,1-4H3/t11-,14-/m1/s1. The Morgan fingerprint density at radius 3 is 2.56 bits per heavy atom. The van der Waals surface area contributed by atoms with E-state index in [1.165, 1.54) is 0 Å². The summed E-state index contributed by atoms with van der Waals surface area (Å²) < 4.78 is 33.9. The van der Waals surface area contributed by atoms with E-state index in [-0.39, 0.29) is 29.5 Å². The van der Waals surface area contributed by atoms with Gasteiger partial charge >= 0.3 is 5.97 Å². The van der Waals surface area contributed by atoms with Crippen molar-refractivity contribution in [1.82, 2.24) is 4.90 Å². The van der Waals surface area contributed by atoms with Crippen LogP contribution in [0.1, 0.15) is 48.6 Å². The lowest BCUT2D eigenvalue weighted by Gasteiger charge is -2.33. The van der Waals surface area contributed by atoms with Crippen LogP contribution in [0.25, 0.3) is 0 Å². The number of amides is 1. The third-order valence-corrected chi connectivity index (χ3v) is 6.29. The maximum Gasteiger partial charge on any atom is 0.342 e. The van der Waals surface area contributed by atoms with Gasteiger partial charge in [0, 0.05) is 12.1 Å². The average molecular weight is 371 g/mol. The molecule has 2 rings (SSSR count). The van der Waals surface area contributed by atoms with Gasteiger partial charge in [0.05, 0.1) is 11.5 Å². The molecule has 1 aliphatic heterocycles. The summed E-state index contributed by atoms with van der Waals surface area (Å²) in [7, 11) is -3.11. The van der Waals surface area contributed by atoms with Crippen LogP contribution in [-0.4, -0.2) is 55.4 Å². The molecular weight excluding hydrogens is 346 g/mol. The van der Waals surface area contributed by atoms with Crippen molar-refractivity contribution >= 4 is 21.7 Å². The van der Waals surface area contributed by atoms with Gasteiger partial charge in [-0.15, -0.1) is 0 Å². The minimum atomic E-state index is -3.11. The SMILES string of the molecule is CC[C@@H](C)N(C(=O)COC(=O)c1cc(C)oc1C)[C@@H]1CCS(=O)(=O)C1. The molecule has 0 saturated carbocycles. The monoisotopic (exact) mass is 371 g/mol. The predicted octanol–water partition coefficient (Wildman–Crippen LogP) is 1.87. The Labute approximate surface area is 148 Å². The largest absolute Gasteiger partial charge is 0.466 e. The average Bonchev–Trinajstić information content (AvgIpc) is 3.06. The van der Waals surface area contributed by atoms with E-state index in [0.29, 0.717) is 29.9 Å². The number of ether oxygens (including phenoxy) is 1. The van der Waals surface area contributed by atoms with Crippen molar-refractivity contribution < 1.29 is 27.2 Å². The van der Waals surface area contributed by atoms with Crippen LogP contribution in [0.2, 0.25) is 0 Å². The zero-order valence-electron chi connectivity index (χ0n) is 15.1. The van der Waals surface area contributed by atoms with Crippen molar-refractivity contribution in [2.45, 2.75) is 52.6 Å². The van der Waals surface area contributed by atoms with Gasteiger partial charge in [0.25, 0.3) is 5.91 Å². The molecule has 0 bridgehead atoms. The summed E-state index contributed by atoms with van der Waals surface area (Å²) in [5.41, 5.74) is 0.295. The summed E-state index contributed by atoms with van der Waals surface area (Å²) >= 11 is 0. The number of sulfone groups is 1. The lowest BCUT2D eigenvalue weighted by atomic mass is 10.1. The second kappa shape index (κ2) is 7.59. The predicted molar refractivity (Wildman–Crippen MR) is 92.1 cm³/mol. The third kappa shape index (κ3) is 4.62. The summed E-state index contributed by atoms with van der Waals surface area (Å²) in [6, 6.07) is 1.09. The molecule has 0 N–H and O–H groups in total. The van der Waals surface area contributed by atoms with E-state index >= 15 is 0 Å². The Bertz CT molecular complexity index is 751. The van der Waals surface area contributed by atoms with E-state index < -0.39 is 22.4 Å². The minimum absolute atomic E-state index is 0.0307. The van der Waals surface area contributed by atoms with E-state index in [1.807, 2.05) is 13.8 Å². The summed E-state index contributed by atoms with van der Waals surface area (Å²) in [4.78, 5) is 26.3. The fraction of sp³-hybridized carbons (Fsp3) is 0.647. The number of esters is 1. The molecule has 0 aliphatic carbocycles. The summed E-state index contributed by atoms with van der Waals surface area (Å²) in [6.07, 6.45) is 1.11. The molecule has 1 amide bonds. The maximum atomic E-state index is 12.6. The lowest BCUT2D eigenvalue weighted by molar-refractivity contribution is -0.138. The Kier molecular flexibility index (Phi) is 5.92. The Morgan fingerprint density at radius 2 is 2.08 bits per heavy atom.